The van der Waals surface area contributed by atoms with Gasteiger partial charge in [-0.1, -0.05) is 18.2 Å². The van der Waals surface area contributed by atoms with Gasteiger partial charge in [0.05, 0.1) is 12.1 Å². The molecule has 0 saturated carbocycles. The summed E-state index contributed by atoms with van der Waals surface area (Å²) >= 11 is 4.99. The lowest BCUT2D eigenvalue weighted by molar-refractivity contribution is 0.0975. The fourth-order valence-electron chi connectivity index (χ4n) is 1.14. The van der Waals surface area contributed by atoms with Crippen LogP contribution in [0.25, 0.3) is 0 Å². The molecule has 0 radical (unpaired) electrons. The van der Waals surface area contributed by atoms with Crippen LogP contribution in [0.15, 0.2) is 30.3 Å². The molecule has 0 unspecified atom stereocenters. The normalized spacial score (nSPS) is 10.8. The molecule has 0 aromatic heterocycles. The van der Waals surface area contributed by atoms with Crippen LogP contribution in [0.2, 0.25) is 0 Å². The Labute approximate surface area is 106 Å². The summed E-state index contributed by atoms with van der Waals surface area (Å²) in [5, 5.41) is 14.7. The van der Waals surface area contributed by atoms with Gasteiger partial charge in [-0.2, -0.15) is 0 Å². The van der Waals surface area contributed by atoms with Gasteiger partial charge in [0, 0.05) is 5.56 Å². The predicted molar refractivity (Wildman–Crippen MR) is 70.8 cm³/mol. The number of carbonyl (C=O) groups excluding carboxylic acids is 1. The maximum Gasteiger partial charge on any atom is 0.257 e. The molecule has 0 atom stereocenters. The number of rotatable bonds is 3. The van der Waals surface area contributed by atoms with Crippen LogP contribution in [-0.4, -0.2) is 28.3 Å². The van der Waals surface area contributed by atoms with Crippen LogP contribution in [-0.2, 0) is 0 Å². The number of thiocarbonyl (C=S) groups is 1. The highest BCUT2D eigenvalue weighted by Crippen LogP contribution is 2.00. The van der Waals surface area contributed by atoms with Gasteiger partial charge >= 0.3 is 0 Å². The molecule has 1 aromatic rings. The minimum Gasteiger partial charge on any atom is -0.394 e. The Morgan fingerprint density at radius 3 is 2.47 bits per heavy atom. The zero-order valence-corrected chi connectivity index (χ0v) is 10.7. The Morgan fingerprint density at radius 1 is 1.35 bits per heavy atom. The third-order valence-electron chi connectivity index (χ3n) is 2.11. The molecule has 1 aromatic carbocycles. The van der Waals surface area contributed by atoms with E-state index in [4.69, 9.17) is 17.3 Å². The topological polar surface area (TPSA) is 61.4 Å². The molecule has 0 bridgehead atoms. The number of hydrogen-bond donors (Lipinski definition) is 3. The molecule has 0 aliphatic rings. The van der Waals surface area contributed by atoms with Gasteiger partial charge in [0.25, 0.3) is 5.91 Å². The van der Waals surface area contributed by atoms with Gasteiger partial charge in [-0.15, -0.1) is 0 Å². The number of amides is 1. The molecular weight excluding hydrogens is 236 g/mol. The summed E-state index contributed by atoms with van der Waals surface area (Å²) in [4.78, 5) is 11.7. The van der Waals surface area contributed by atoms with Crippen molar-refractivity contribution in [3.05, 3.63) is 35.9 Å². The van der Waals surface area contributed by atoms with E-state index in [0.29, 0.717) is 5.56 Å². The van der Waals surface area contributed by atoms with Crippen LogP contribution < -0.4 is 10.6 Å². The van der Waals surface area contributed by atoms with E-state index in [1.807, 2.05) is 6.07 Å². The SMILES string of the molecule is CC(C)(CO)NC(=S)NC(=O)c1ccccc1. The van der Waals surface area contributed by atoms with Gasteiger partial charge in [-0.05, 0) is 38.2 Å². The highest BCUT2D eigenvalue weighted by molar-refractivity contribution is 7.80. The second-order valence-corrected chi connectivity index (χ2v) is 4.72. The van der Waals surface area contributed by atoms with Crippen LogP contribution in [0.5, 0.6) is 0 Å². The molecule has 5 heteroatoms. The van der Waals surface area contributed by atoms with Gasteiger partial charge in [0.1, 0.15) is 0 Å². The largest absolute Gasteiger partial charge is 0.394 e. The Morgan fingerprint density at radius 2 is 1.94 bits per heavy atom. The van der Waals surface area contributed by atoms with E-state index in [0.717, 1.165) is 0 Å². The molecule has 3 N–H and O–H groups in total. The van der Waals surface area contributed by atoms with Crippen LogP contribution in [0.3, 0.4) is 0 Å². The third kappa shape index (κ3) is 4.50. The van der Waals surface area contributed by atoms with Gasteiger partial charge < -0.3 is 10.4 Å². The first-order chi connectivity index (χ1) is 7.94. The van der Waals surface area contributed by atoms with Crippen molar-refractivity contribution in [2.75, 3.05) is 6.61 Å². The quantitative estimate of drug-likeness (QED) is 0.704. The Kier molecular flexibility index (Phi) is 4.60. The monoisotopic (exact) mass is 252 g/mol. The number of carbonyl (C=O) groups is 1. The summed E-state index contributed by atoms with van der Waals surface area (Å²) < 4.78 is 0. The van der Waals surface area contributed by atoms with Crippen molar-refractivity contribution in [2.24, 2.45) is 0 Å². The molecule has 0 heterocycles. The average molecular weight is 252 g/mol. The first-order valence-corrected chi connectivity index (χ1v) is 5.65. The van der Waals surface area contributed by atoms with Crippen molar-refractivity contribution in [3.63, 3.8) is 0 Å². The molecule has 1 rings (SSSR count). The van der Waals surface area contributed by atoms with E-state index in [2.05, 4.69) is 10.6 Å². The molecule has 92 valence electrons. The Balaban J connectivity index is 2.56. The first-order valence-electron chi connectivity index (χ1n) is 5.24. The van der Waals surface area contributed by atoms with Crippen molar-refractivity contribution >= 4 is 23.2 Å². The van der Waals surface area contributed by atoms with Crippen LogP contribution in [0, 0.1) is 0 Å². The summed E-state index contributed by atoms with van der Waals surface area (Å²) in [6.45, 7) is 3.50. The smallest absolute Gasteiger partial charge is 0.257 e. The molecule has 17 heavy (non-hydrogen) atoms. The number of nitrogens with one attached hydrogen (secondary N) is 2. The lowest BCUT2D eigenvalue weighted by Gasteiger charge is -2.25. The summed E-state index contributed by atoms with van der Waals surface area (Å²) in [6, 6.07) is 8.80. The summed E-state index contributed by atoms with van der Waals surface area (Å²) in [5.41, 5.74) is -0.0143. The lowest BCUT2D eigenvalue weighted by atomic mass is 10.1. The second kappa shape index (κ2) is 5.75. The molecule has 4 nitrogen and oxygen atoms in total. The van der Waals surface area contributed by atoms with E-state index in [-0.39, 0.29) is 17.6 Å². The number of hydrogen-bond acceptors (Lipinski definition) is 3. The average Bonchev–Trinajstić information content (AvgIpc) is 2.29. The summed E-state index contributed by atoms with van der Waals surface area (Å²) in [7, 11) is 0. The molecule has 0 spiro atoms. The molecule has 0 aliphatic heterocycles. The van der Waals surface area contributed by atoms with Crippen molar-refractivity contribution in [1.29, 1.82) is 0 Å². The number of benzene rings is 1. The maximum absolute atomic E-state index is 11.7. The first kappa shape index (κ1) is 13.6. The van der Waals surface area contributed by atoms with E-state index >= 15 is 0 Å². The van der Waals surface area contributed by atoms with Crippen LogP contribution >= 0.6 is 12.2 Å². The fourth-order valence-corrected chi connectivity index (χ4v) is 1.51. The minimum atomic E-state index is -0.555. The third-order valence-corrected chi connectivity index (χ3v) is 2.31. The second-order valence-electron chi connectivity index (χ2n) is 4.32. The molecule has 0 aliphatic carbocycles. The summed E-state index contributed by atoms with van der Waals surface area (Å²) in [5.74, 6) is -0.267. The highest BCUT2D eigenvalue weighted by Gasteiger charge is 2.18. The zero-order valence-electron chi connectivity index (χ0n) is 9.86. The van der Waals surface area contributed by atoms with Crippen LogP contribution in [0.4, 0.5) is 0 Å². The van der Waals surface area contributed by atoms with Gasteiger partial charge in [-0.25, -0.2) is 0 Å². The van der Waals surface area contributed by atoms with Gasteiger partial charge in [0.2, 0.25) is 0 Å². The van der Waals surface area contributed by atoms with Crippen molar-refractivity contribution in [2.45, 2.75) is 19.4 Å². The Bertz CT molecular complexity index is 404. The van der Waals surface area contributed by atoms with Gasteiger partial charge in [-0.3, -0.25) is 10.1 Å². The van der Waals surface area contributed by atoms with Crippen molar-refractivity contribution in [3.8, 4) is 0 Å². The molecule has 0 fully saturated rings. The number of aliphatic hydroxyl groups excluding tert-OH is 1. The standard InChI is InChI=1S/C12H16N2O2S/c1-12(2,8-15)14-11(17)13-10(16)9-6-4-3-5-7-9/h3-7,15H,8H2,1-2H3,(H2,13,14,16,17). The molecular formula is C12H16N2O2S. The molecule has 0 saturated heterocycles. The van der Waals surface area contributed by atoms with E-state index in [9.17, 15) is 4.79 Å². The number of aliphatic hydroxyl groups is 1. The minimum absolute atomic E-state index is 0.0751. The van der Waals surface area contributed by atoms with Gasteiger partial charge in [0.15, 0.2) is 5.11 Å². The van der Waals surface area contributed by atoms with Crippen molar-refractivity contribution < 1.29 is 9.90 Å². The van der Waals surface area contributed by atoms with E-state index < -0.39 is 5.54 Å². The van der Waals surface area contributed by atoms with Crippen molar-refractivity contribution in [1.82, 2.24) is 10.6 Å². The Hall–Kier alpha value is -1.46. The van der Waals surface area contributed by atoms with E-state index in [1.165, 1.54) is 0 Å². The molecule has 1 amide bonds. The fraction of sp³-hybridized carbons (Fsp3) is 0.333. The van der Waals surface area contributed by atoms with E-state index in [1.54, 1.807) is 38.1 Å². The predicted octanol–water partition coefficient (Wildman–Crippen LogP) is 1.06. The van der Waals surface area contributed by atoms with Crippen LogP contribution in [0.1, 0.15) is 24.2 Å². The lowest BCUT2D eigenvalue weighted by Crippen LogP contribution is -2.51. The summed E-state index contributed by atoms with van der Waals surface area (Å²) in [6.07, 6.45) is 0. The maximum atomic E-state index is 11.7. The highest BCUT2D eigenvalue weighted by atomic mass is 32.1. The zero-order chi connectivity index (χ0) is 12.9.